The first-order valence-corrected chi connectivity index (χ1v) is 5.53. The van der Waals surface area contributed by atoms with Crippen LogP contribution in [0.15, 0.2) is 35.5 Å². The summed E-state index contributed by atoms with van der Waals surface area (Å²) in [6.07, 6.45) is 5.26. The van der Waals surface area contributed by atoms with Crippen LogP contribution in [0.25, 0.3) is 0 Å². The van der Waals surface area contributed by atoms with Crippen LogP contribution < -0.4 is 4.84 Å². The molecule has 0 saturated heterocycles. The molecule has 0 aliphatic heterocycles. The minimum absolute atomic E-state index is 0.772. The largest absolute Gasteiger partial charge is 0.357 e. The van der Waals surface area contributed by atoms with E-state index in [1.165, 1.54) is 12.8 Å². The maximum atomic E-state index is 5.18. The molecule has 1 aromatic rings. The molecule has 0 spiro atoms. The zero-order valence-corrected chi connectivity index (χ0v) is 9.52. The number of unbranched alkanes of at least 4 members (excludes halogenated alkanes) is 1. The van der Waals surface area contributed by atoms with Crippen LogP contribution in [-0.2, 0) is 0 Å². The number of rotatable bonds is 6. The van der Waals surface area contributed by atoms with E-state index in [2.05, 4.69) is 19.0 Å². The number of nitrogens with zero attached hydrogens (tertiary/aromatic N) is 1. The van der Waals surface area contributed by atoms with E-state index in [1.807, 2.05) is 36.5 Å². The summed E-state index contributed by atoms with van der Waals surface area (Å²) in [6, 6.07) is 9.61. The molecule has 0 aliphatic carbocycles. The second kappa shape index (κ2) is 7.04. The molecule has 0 radical (unpaired) electrons. The molecule has 15 heavy (non-hydrogen) atoms. The van der Waals surface area contributed by atoms with E-state index in [0.29, 0.717) is 0 Å². The summed E-state index contributed by atoms with van der Waals surface area (Å²) in [5.74, 6) is 1.56. The summed E-state index contributed by atoms with van der Waals surface area (Å²) in [5.41, 5.74) is 0. The van der Waals surface area contributed by atoms with Crippen LogP contribution in [0.3, 0.4) is 0 Å². The minimum Gasteiger partial charge on any atom is -0.357 e. The Kier molecular flexibility index (Phi) is 5.52. The lowest BCUT2D eigenvalue weighted by atomic mass is 10.1. The smallest absolute Gasteiger partial charge is 0.157 e. The molecule has 0 saturated carbocycles. The molecule has 0 fully saturated rings. The predicted octanol–water partition coefficient (Wildman–Crippen LogP) is 3.88. The monoisotopic (exact) mass is 205 g/mol. The molecule has 2 heteroatoms. The number of para-hydroxylation sites is 1. The summed E-state index contributed by atoms with van der Waals surface area (Å²) in [5, 5.41) is 3.91. The zero-order valence-electron chi connectivity index (χ0n) is 9.52. The van der Waals surface area contributed by atoms with Crippen LogP contribution in [0.1, 0.15) is 33.1 Å². The fraction of sp³-hybridized carbons (Fsp3) is 0.462. The Morgan fingerprint density at radius 2 is 2.00 bits per heavy atom. The van der Waals surface area contributed by atoms with Gasteiger partial charge in [-0.15, -0.1) is 0 Å². The average molecular weight is 205 g/mol. The molecule has 0 bridgehead atoms. The van der Waals surface area contributed by atoms with Crippen LogP contribution in [0.5, 0.6) is 5.75 Å². The molecule has 82 valence electrons. The highest BCUT2D eigenvalue weighted by molar-refractivity contribution is 5.56. The number of hydrogen-bond donors (Lipinski definition) is 0. The first-order chi connectivity index (χ1) is 7.29. The van der Waals surface area contributed by atoms with E-state index < -0.39 is 0 Å². The summed E-state index contributed by atoms with van der Waals surface area (Å²) in [4.78, 5) is 5.18. The van der Waals surface area contributed by atoms with Crippen molar-refractivity contribution in [2.45, 2.75) is 33.1 Å². The Labute approximate surface area is 91.9 Å². The van der Waals surface area contributed by atoms with E-state index in [4.69, 9.17) is 4.84 Å². The Balaban J connectivity index is 2.12. The standard InChI is InChI=1S/C13H19NO/c1-12(2)8-6-7-11-14-15-13-9-4-3-5-10-13/h3-5,9-12H,6-8H2,1-2H3/b14-11+. The summed E-state index contributed by atoms with van der Waals surface area (Å²) in [6.45, 7) is 4.47. The van der Waals surface area contributed by atoms with Crippen molar-refractivity contribution in [1.29, 1.82) is 0 Å². The van der Waals surface area contributed by atoms with Crippen molar-refractivity contribution >= 4 is 6.21 Å². The number of benzene rings is 1. The van der Waals surface area contributed by atoms with Gasteiger partial charge in [0, 0.05) is 6.21 Å². The van der Waals surface area contributed by atoms with Gasteiger partial charge in [-0.3, -0.25) is 0 Å². The lowest BCUT2D eigenvalue weighted by Gasteiger charge is -2.00. The molecular formula is C13H19NO. The Morgan fingerprint density at radius 3 is 2.67 bits per heavy atom. The van der Waals surface area contributed by atoms with Crippen LogP contribution >= 0.6 is 0 Å². The SMILES string of the molecule is CC(C)CCC/C=N/Oc1ccccc1. The van der Waals surface area contributed by atoms with Gasteiger partial charge in [0.05, 0.1) is 0 Å². The zero-order chi connectivity index (χ0) is 10.9. The van der Waals surface area contributed by atoms with Crippen molar-refractivity contribution in [2.24, 2.45) is 11.1 Å². The van der Waals surface area contributed by atoms with Gasteiger partial charge in [-0.1, -0.05) is 43.6 Å². The normalized spacial score (nSPS) is 11.1. The molecular weight excluding hydrogens is 186 g/mol. The number of hydrogen-bond acceptors (Lipinski definition) is 2. The fourth-order valence-corrected chi connectivity index (χ4v) is 1.25. The van der Waals surface area contributed by atoms with Crippen molar-refractivity contribution in [3.63, 3.8) is 0 Å². The Morgan fingerprint density at radius 1 is 1.27 bits per heavy atom. The van der Waals surface area contributed by atoms with Crippen molar-refractivity contribution in [1.82, 2.24) is 0 Å². The fourth-order valence-electron chi connectivity index (χ4n) is 1.25. The Bertz CT molecular complexity index is 280. The first-order valence-electron chi connectivity index (χ1n) is 5.53. The topological polar surface area (TPSA) is 21.6 Å². The molecule has 0 amide bonds. The van der Waals surface area contributed by atoms with Crippen LogP contribution in [0.2, 0.25) is 0 Å². The van der Waals surface area contributed by atoms with Crippen molar-refractivity contribution < 1.29 is 4.84 Å². The van der Waals surface area contributed by atoms with Crippen molar-refractivity contribution in [3.8, 4) is 5.75 Å². The van der Waals surface area contributed by atoms with E-state index in [0.717, 1.165) is 18.1 Å². The van der Waals surface area contributed by atoms with Crippen LogP contribution in [0, 0.1) is 5.92 Å². The summed E-state index contributed by atoms with van der Waals surface area (Å²) < 4.78 is 0. The van der Waals surface area contributed by atoms with Crippen molar-refractivity contribution in [3.05, 3.63) is 30.3 Å². The highest BCUT2D eigenvalue weighted by Gasteiger charge is 1.92. The molecule has 0 N–H and O–H groups in total. The van der Waals surface area contributed by atoms with E-state index in [-0.39, 0.29) is 0 Å². The number of oxime groups is 1. The van der Waals surface area contributed by atoms with Gasteiger partial charge in [0.1, 0.15) is 0 Å². The van der Waals surface area contributed by atoms with Gasteiger partial charge in [0.25, 0.3) is 0 Å². The third-order valence-electron chi connectivity index (χ3n) is 2.09. The lowest BCUT2D eigenvalue weighted by Crippen LogP contribution is -1.88. The molecule has 2 nitrogen and oxygen atoms in total. The van der Waals surface area contributed by atoms with Crippen LogP contribution in [0.4, 0.5) is 0 Å². The molecule has 0 unspecified atom stereocenters. The summed E-state index contributed by atoms with van der Waals surface area (Å²) in [7, 11) is 0. The molecule has 0 heterocycles. The van der Waals surface area contributed by atoms with Crippen molar-refractivity contribution in [2.75, 3.05) is 0 Å². The van der Waals surface area contributed by atoms with Gasteiger partial charge in [0.15, 0.2) is 5.75 Å². The van der Waals surface area contributed by atoms with Gasteiger partial charge < -0.3 is 4.84 Å². The average Bonchev–Trinajstić information content (AvgIpc) is 2.24. The van der Waals surface area contributed by atoms with Gasteiger partial charge in [-0.25, -0.2) is 0 Å². The van der Waals surface area contributed by atoms with Gasteiger partial charge in [-0.05, 0) is 30.9 Å². The maximum absolute atomic E-state index is 5.18. The molecule has 1 aromatic carbocycles. The molecule has 0 aliphatic rings. The van der Waals surface area contributed by atoms with E-state index in [9.17, 15) is 0 Å². The van der Waals surface area contributed by atoms with Gasteiger partial charge >= 0.3 is 0 Å². The predicted molar refractivity (Wildman–Crippen MR) is 64.3 cm³/mol. The molecule has 0 aromatic heterocycles. The highest BCUT2D eigenvalue weighted by Crippen LogP contribution is 2.08. The molecule has 1 rings (SSSR count). The Hall–Kier alpha value is -1.31. The van der Waals surface area contributed by atoms with E-state index >= 15 is 0 Å². The maximum Gasteiger partial charge on any atom is 0.157 e. The first kappa shape index (κ1) is 11.8. The third kappa shape index (κ3) is 5.89. The minimum atomic E-state index is 0.772. The highest BCUT2D eigenvalue weighted by atomic mass is 16.6. The lowest BCUT2D eigenvalue weighted by molar-refractivity contribution is 0.342. The van der Waals surface area contributed by atoms with Gasteiger partial charge in [-0.2, -0.15) is 0 Å². The summed E-state index contributed by atoms with van der Waals surface area (Å²) >= 11 is 0. The van der Waals surface area contributed by atoms with E-state index in [1.54, 1.807) is 0 Å². The second-order valence-electron chi connectivity index (χ2n) is 4.02. The molecule has 0 atom stereocenters. The van der Waals surface area contributed by atoms with Crippen LogP contribution in [-0.4, -0.2) is 6.21 Å². The third-order valence-corrected chi connectivity index (χ3v) is 2.09. The second-order valence-corrected chi connectivity index (χ2v) is 4.02. The van der Waals surface area contributed by atoms with Gasteiger partial charge in [0.2, 0.25) is 0 Å². The quantitative estimate of drug-likeness (QED) is 0.392.